The minimum atomic E-state index is -0.315. The van der Waals surface area contributed by atoms with Gasteiger partial charge < -0.3 is 20.1 Å². The summed E-state index contributed by atoms with van der Waals surface area (Å²) in [5.41, 5.74) is 1.18. The Morgan fingerprint density at radius 1 is 1.23 bits per heavy atom. The normalized spacial score (nSPS) is 20.3. The van der Waals surface area contributed by atoms with Crippen LogP contribution in [0.4, 0.5) is 0 Å². The molecular formula is C19H35Cl2N3O2. The van der Waals surface area contributed by atoms with E-state index in [1.54, 1.807) is 7.11 Å². The Bertz CT molecular complexity index is 490. The van der Waals surface area contributed by atoms with Crippen LogP contribution in [0.1, 0.15) is 25.8 Å². The molecular weight excluding hydrogens is 373 g/mol. The van der Waals surface area contributed by atoms with Crippen LogP contribution in [0.3, 0.4) is 0 Å². The van der Waals surface area contributed by atoms with Gasteiger partial charge in [-0.3, -0.25) is 4.90 Å². The number of nitrogens with zero attached hydrogens (tertiary/aromatic N) is 2. The summed E-state index contributed by atoms with van der Waals surface area (Å²) < 4.78 is 5.43. The minimum absolute atomic E-state index is 0. The van der Waals surface area contributed by atoms with Gasteiger partial charge in [0.2, 0.25) is 0 Å². The van der Waals surface area contributed by atoms with Crippen LogP contribution in [-0.2, 0) is 6.54 Å². The highest BCUT2D eigenvalue weighted by atomic mass is 35.5. The molecule has 1 heterocycles. The molecule has 0 spiro atoms. The summed E-state index contributed by atoms with van der Waals surface area (Å²) in [6.45, 7) is 11.1. The van der Waals surface area contributed by atoms with Crippen LogP contribution in [0.2, 0.25) is 0 Å². The standard InChI is InChI=1S/C19H33N3O2.2ClH/c1-4-21(5-2)13-11-20-17-10-12-22(15-18(17)23)14-16-8-6-7-9-19(16)24-3;;/h6-9,17-18,20,23H,4-5,10-15H2,1-3H3;2*1H/t17-,18-;;/m1../s1. The van der Waals surface area contributed by atoms with E-state index in [1.807, 2.05) is 18.2 Å². The molecule has 0 aliphatic carbocycles. The number of rotatable bonds is 9. The van der Waals surface area contributed by atoms with E-state index in [0.29, 0.717) is 6.54 Å². The molecule has 0 amide bonds. The highest BCUT2D eigenvalue weighted by molar-refractivity contribution is 5.85. The number of aliphatic hydroxyl groups excluding tert-OH is 1. The number of likely N-dealkylation sites (tertiary alicyclic amines) is 1. The second-order valence-electron chi connectivity index (χ2n) is 6.49. The molecule has 0 saturated carbocycles. The zero-order chi connectivity index (χ0) is 17.4. The van der Waals surface area contributed by atoms with Crippen molar-refractivity contribution in [2.24, 2.45) is 0 Å². The van der Waals surface area contributed by atoms with Gasteiger partial charge in [0.1, 0.15) is 5.75 Å². The quantitative estimate of drug-likeness (QED) is 0.657. The Morgan fingerprint density at radius 2 is 1.92 bits per heavy atom. The van der Waals surface area contributed by atoms with Crippen molar-refractivity contribution in [3.8, 4) is 5.75 Å². The lowest BCUT2D eigenvalue weighted by atomic mass is 10.0. The molecule has 2 rings (SSSR count). The Morgan fingerprint density at radius 3 is 2.54 bits per heavy atom. The van der Waals surface area contributed by atoms with Gasteiger partial charge in [0.15, 0.2) is 0 Å². The number of β-amino-alcohol motifs (C(OH)–C–C–N with tert-alkyl or cyclic N) is 1. The van der Waals surface area contributed by atoms with E-state index >= 15 is 0 Å². The highest BCUT2D eigenvalue weighted by Gasteiger charge is 2.27. The van der Waals surface area contributed by atoms with Crippen molar-refractivity contribution >= 4 is 24.8 Å². The summed E-state index contributed by atoms with van der Waals surface area (Å²) in [6.07, 6.45) is 0.666. The molecule has 152 valence electrons. The summed E-state index contributed by atoms with van der Waals surface area (Å²) in [4.78, 5) is 4.71. The van der Waals surface area contributed by atoms with Crippen molar-refractivity contribution in [3.63, 3.8) is 0 Å². The number of benzene rings is 1. The van der Waals surface area contributed by atoms with Crippen LogP contribution >= 0.6 is 24.8 Å². The van der Waals surface area contributed by atoms with Crippen molar-refractivity contribution in [3.05, 3.63) is 29.8 Å². The van der Waals surface area contributed by atoms with Crippen molar-refractivity contribution in [2.75, 3.05) is 46.4 Å². The maximum Gasteiger partial charge on any atom is 0.123 e. The molecule has 1 aliphatic heterocycles. The Labute approximate surface area is 170 Å². The molecule has 2 atom stereocenters. The molecule has 26 heavy (non-hydrogen) atoms. The lowest BCUT2D eigenvalue weighted by Gasteiger charge is -2.37. The monoisotopic (exact) mass is 407 g/mol. The first-order valence-corrected chi connectivity index (χ1v) is 9.16. The molecule has 1 aliphatic rings. The van der Waals surface area contributed by atoms with Gasteiger partial charge in [-0.15, -0.1) is 24.8 Å². The van der Waals surface area contributed by atoms with Crippen LogP contribution in [0.25, 0.3) is 0 Å². The molecule has 0 unspecified atom stereocenters. The molecule has 1 fully saturated rings. The summed E-state index contributed by atoms with van der Waals surface area (Å²) in [5.74, 6) is 0.923. The van der Waals surface area contributed by atoms with Gasteiger partial charge in [-0.25, -0.2) is 0 Å². The first-order valence-electron chi connectivity index (χ1n) is 9.16. The molecule has 5 nitrogen and oxygen atoms in total. The predicted molar refractivity (Wildman–Crippen MR) is 113 cm³/mol. The van der Waals surface area contributed by atoms with Crippen LogP contribution in [0.5, 0.6) is 5.75 Å². The fourth-order valence-electron chi connectivity index (χ4n) is 3.40. The second kappa shape index (κ2) is 13.6. The van der Waals surface area contributed by atoms with Gasteiger partial charge in [-0.05, 0) is 25.6 Å². The summed E-state index contributed by atoms with van der Waals surface area (Å²) in [6, 6.07) is 8.32. The lowest BCUT2D eigenvalue weighted by Crippen LogP contribution is -2.53. The average molecular weight is 408 g/mol. The molecule has 0 bridgehead atoms. The molecule has 2 N–H and O–H groups in total. The van der Waals surface area contributed by atoms with Gasteiger partial charge in [-0.1, -0.05) is 32.0 Å². The Balaban J connectivity index is 0.00000312. The number of para-hydroxylation sites is 1. The van der Waals surface area contributed by atoms with E-state index in [-0.39, 0.29) is 37.0 Å². The SMILES string of the molecule is CCN(CC)CCN[C@@H]1CCN(Cc2ccccc2OC)C[C@H]1O.Cl.Cl. The number of aliphatic hydroxyl groups is 1. The fraction of sp³-hybridized carbons (Fsp3) is 0.684. The Hall–Kier alpha value is -0.560. The molecule has 1 saturated heterocycles. The fourth-order valence-corrected chi connectivity index (χ4v) is 3.40. The highest BCUT2D eigenvalue weighted by Crippen LogP contribution is 2.21. The van der Waals surface area contributed by atoms with Gasteiger partial charge in [0.25, 0.3) is 0 Å². The number of ether oxygens (including phenoxy) is 1. The summed E-state index contributed by atoms with van der Waals surface area (Å²) in [5, 5.41) is 14.0. The molecule has 0 radical (unpaired) electrons. The van der Waals surface area contributed by atoms with Crippen LogP contribution in [0, 0.1) is 0 Å². The molecule has 1 aromatic carbocycles. The molecule has 0 aromatic heterocycles. The van der Waals surface area contributed by atoms with Crippen LogP contribution in [-0.4, -0.2) is 73.4 Å². The zero-order valence-electron chi connectivity index (χ0n) is 16.2. The van der Waals surface area contributed by atoms with E-state index in [4.69, 9.17) is 4.74 Å². The largest absolute Gasteiger partial charge is 0.496 e. The zero-order valence-corrected chi connectivity index (χ0v) is 17.8. The maximum absolute atomic E-state index is 10.5. The van der Waals surface area contributed by atoms with Gasteiger partial charge in [0.05, 0.1) is 13.2 Å². The van der Waals surface area contributed by atoms with E-state index in [9.17, 15) is 5.11 Å². The first kappa shape index (κ1) is 25.4. The number of hydrogen-bond acceptors (Lipinski definition) is 5. The third-order valence-corrected chi connectivity index (χ3v) is 4.98. The summed E-state index contributed by atoms with van der Waals surface area (Å²) in [7, 11) is 1.71. The van der Waals surface area contributed by atoms with Gasteiger partial charge in [0, 0.05) is 44.3 Å². The van der Waals surface area contributed by atoms with Crippen LogP contribution in [0.15, 0.2) is 24.3 Å². The average Bonchev–Trinajstić information content (AvgIpc) is 2.61. The molecule has 7 heteroatoms. The molecule has 1 aromatic rings. The third kappa shape index (κ3) is 7.59. The van der Waals surface area contributed by atoms with Crippen molar-refractivity contribution < 1.29 is 9.84 Å². The second-order valence-corrected chi connectivity index (χ2v) is 6.49. The number of piperidine rings is 1. The van der Waals surface area contributed by atoms with E-state index in [1.165, 1.54) is 5.56 Å². The van der Waals surface area contributed by atoms with Gasteiger partial charge in [-0.2, -0.15) is 0 Å². The van der Waals surface area contributed by atoms with E-state index in [2.05, 4.69) is 35.0 Å². The predicted octanol–water partition coefficient (Wildman–Crippen LogP) is 2.41. The topological polar surface area (TPSA) is 48.0 Å². The maximum atomic E-state index is 10.5. The number of nitrogens with one attached hydrogen (secondary N) is 1. The van der Waals surface area contributed by atoms with E-state index in [0.717, 1.165) is 51.4 Å². The van der Waals surface area contributed by atoms with Crippen molar-refractivity contribution in [1.29, 1.82) is 0 Å². The van der Waals surface area contributed by atoms with Gasteiger partial charge >= 0.3 is 0 Å². The smallest absolute Gasteiger partial charge is 0.123 e. The first-order chi connectivity index (χ1) is 11.7. The minimum Gasteiger partial charge on any atom is -0.496 e. The van der Waals surface area contributed by atoms with Crippen molar-refractivity contribution in [2.45, 2.75) is 39.0 Å². The van der Waals surface area contributed by atoms with E-state index < -0.39 is 0 Å². The van der Waals surface area contributed by atoms with Crippen LogP contribution < -0.4 is 10.1 Å². The number of hydrogen-bond donors (Lipinski definition) is 2. The lowest BCUT2D eigenvalue weighted by molar-refractivity contribution is 0.0361. The Kier molecular flexibility index (Phi) is 13.3. The number of methoxy groups -OCH3 is 1. The number of halogens is 2. The summed E-state index contributed by atoms with van der Waals surface area (Å²) >= 11 is 0. The third-order valence-electron chi connectivity index (χ3n) is 4.98. The number of likely N-dealkylation sites (N-methyl/N-ethyl adjacent to an activating group) is 1. The van der Waals surface area contributed by atoms with Crippen molar-refractivity contribution in [1.82, 2.24) is 15.1 Å².